The second-order valence-corrected chi connectivity index (χ2v) is 7.74. The van der Waals surface area contributed by atoms with Crippen LogP contribution in [0.5, 0.6) is 0 Å². The summed E-state index contributed by atoms with van der Waals surface area (Å²) in [4.78, 5) is 18.5. The molecule has 1 aliphatic heterocycles. The second-order valence-electron chi connectivity index (χ2n) is 6.10. The summed E-state index contributed by atoms with van der Waals surface area (Å²) in [5.74, 6) is 1.61. The Balaban J connectivity index is 1.43. The van der Waals surface area contributed by atoms with Crippen LogP contribution in [0.15, 0.2) is 24.5 Å². The molecular formula is C17H18ClN7S. The fourth-order valence-corrected chi connectivity index (χ4v) is 3.97. The summed E-state index contributed by atoms with van der Waals surface area (Å²) >= 11 is 7.50. The van der Waals surface area contributed by atoms with E-state index in [4.69, 9.17) is 11.6 Å². The highest BCUT2D eigenvalue weighted by molar-refractivity contribution is 7.15. The molecule has 3 aromatic heterocycles. The molecule has 134 valence electrons. The van der Waals surface area contributed by atoms with Gasteiger partial charge in [-0.3, -0.25) is 0 Å². The minimum atomic E-state index is 0.550. The maximum absolute atomic E-state index is 5.85. The van der Waals surface area contributed by atoms with E-state index in [2.05, 4.69) is 34.9 Å². The average molecular weight is 388 g/mol. The smallest absolute Gasteiger partial charge is 0.225 e. The Morgan fingerprint density at radius 3 is 2.23 bits per heavy atom. The highest BCUT2D eigenvalue weighted by atomic mass is 35.5. The van der Waals surface area contributed by atoms with Gasteiger partial charge in [-0.2, -0.15) is 0 Å². The predicted octanol–water partition coefficient (Wildman–Crippen LogP) is 2.99. The number of piperazine rings is 1. The first-order chi connectivity index (χ1) is 12.6. The van der Waals surface area contributed by atoms with Crippen molar-refractivity contribution < 1.29 is 0 Å². The number of thiazole rings is 1. The number of aryl methyl sites for hydroxylation is 2. The summed E-state index contributed by atoms with van der Waals surface area (Å²) < 4.78 is 0. The molecule has 0 saturated carbocycles. The van der Waals surface area contributed by atoms with Crippen molar-refractivity contribution in [3.8, 4) is 10.6 Å². The van der Waals surface area contributed by atoms with Crippen LogP contribution in [-0.2, 0) is 0 Å². The lowest BCUT2D eigenvalue weighted by Gasteiger charge is -2.35. The predicted molar refractivity (Wildman–Crippen MR) is 104 cm³/mol. The molecule has 1 fully saturated rings. The average Bonchev–Trinajstić information content (AvgIpc) is 3.01. The van der Waals surface area contributed by atoms with Crippen LogP contribution in [0.1, 0.15) is 10.7 Å². The summed E-state index contributed by atoms with van der Waals surface area (Å²) in [5, 5.41) is 10.4. The van der Waals surface area contributed by atoms with Gasteiger partial charge < -0.3 is 9.80 Å². The third-order valence-electron chi connectivity index (χ3n) is 4.28. The van der Waals surface area contributed by atoms with Gasteiger partial charge in [0.25, 0.3) is 0 Å². The summed E-state index contributed by atoms with van der Waals surface area (Å²) in [5.41, 5.74) is 1.89. The van der Waals surface area contributed by atoms with Gasteiger partial charge in [-0.05, 0) is 26.0 Å². The maximum Gasteiger partial charge on any atom is 0.225 e. The fourth-order valence-electron chi connectivity index (χ4n) is 2.99. The number of hydrogen-bond donors (Lipinski definition) is 0. The van der Waals surface area contributed by atoms with E-state index >= 15 is 0 Å². The van der Waals surface area contributed by atoms with Crippen molar-refractivity contribution in [2.45, 2.75) is 13.8 Å². The normalized spacial score (nSPS) is 14.7. The number of aromatic nitrogens is 5. The summed E-state index contributed by atoms with van der Waals surface area (Å²) in [6.07, 6.45) is 3.26. The van der Waals surface area contributed by atoms with Crippen molar-refractivity contribution in [3.63, 3.8) is 0 Å². The Hall–Kier alpha value is -2.32. The molecule has 0 atom stereocenters. The van der Waals surface area contributed by atoms with Gasteiger partial charge in [-0.25, -0.2) is 15.0 Å². The quantitative estimate of drug-likeness (QED) is 0.684. The van der Waals surface area contributed by atoms with Gasteiger partial charge in [0.15, 0.2) is 5.82 Å². The van der Waals surface area contributed by atoms with Crippen LogP contribution in [0.2, 0.25) is 5.02 Å². The molecule has 0 spiro atoms. The molecule has 0 aliphatic carbocycles. The van der Waals surface area contributed by atoms with Crippen LogP contribution in [0.3, 0.4) is 0 Å². The monoisotopic (exact) mass is 387 g/mol. The molecule has 7 nitrogen and oxygen atoms in total. The molecule has 0 unspecified atom stereocenters. The van der Waals surface area contributed by atoms with Gasteiger partial charge >= 0.3 is 0 Å². The molecule has 0 N–H and O–H groups in total. The van der Waals surface area contributed by atoms with Gasteiger partial charge in [-0.15, -0.1) is 21.5 Å². The van der Waals surface area contributed by atoms with Crippen molar-refractivity contribution >= 4 is 34.7 Å². The zero-order chi connectivity index (χ0) is 18.1. The molecule has 3 aromatic rings. The highest BCUT2D eigenvalue weighted by Gasteiger charge is 2.20. The van der Waals surface area contributed by atoms with Crippen molar-refractivity contribution in [1.82, 2.24) is 25.1 Å². The minimum Gasteiger partial charge on any atom is -0.352 e. The molecule has 1 saturated heterocycles. The molecule has 0 aromatic carbocycles. The van der Waals surface area contributed by atoms with Crippen LogP contribution < -0.4 is 9.80 Å². The van der Waals surface area contributed by atoms with Crippen LogP contribution >= 0.6 is 22.9 Å². The van der Waals surface area contributed by atoms with E-state index in [0.29, 0.717) is 11.0 Å². The molecule has 0 amide bonds. The molecule has 4 heterocycles. The lowest BCUT2D eigenvalue weighted by molar-refractivity contribution is 0.631. The highest BCUT2D eigenvalue weighted by Crippen LogP contribution is 2.28. The Labute approximate surface area is 160 Å². The third kappa shape index (κ3) is 3.47. The zero-order valence-corrected chi connectivity index (χ0v) is 16.1. The van der Waals surface area contributed by atoms with Crippen molar-refractivity contribution in [3.05, 3.63) is 40.3 Å². The number of anilines is 2. The maximum atomic E-state index is 5.85. The van der Waals surface area contributed by atoms with Gasteiger partial charge in [0.2, 0.25) is 5.95 Å². The molecular weight excluding hydrogens is 370 g/mol. The lowest BCUT2D eigenvalue weighted by Crippen LogP contribution is -2.47. The van der Waals surface area contributed by atoms with Gasteiger partial charge in [0.1, 0.15) is 5.69 Å². The van der Waals surface area contributed by atoms with E-state index in [1.807, 2.05) is 26.0 Å². The number of rotatable bonds is 3. The summed E-state index contributed by atoms with van der Waals surface area (Å²) in [6.45, 7) is 7.37. The fraction of sp³-hybridized carbons (Fsp3) is 0.353. The van der Waals surface area contributed by atoms with E-state index < -0.39 is 0 Å². The van der Waals surface area contributed by atoms with Crippen molar-refractivity contribution in [2.75, 3.05) is 36.0 Å². The van der Waals surface area contributed by atoms with Crippen LogP contribution in [0.25, 0.3) is 10.6 Å². The van der Waals surface area contributed by atoms with E-state index in [9.17, 15) is 0 Å². The van der Waals surface area contributed by atoms with Gasteiger partial charge in [0, 0.05) is 26.2 Å². The molecule has 0 bridgehead atoms. The van der Waals surface area contributed by atoms with Gasteiger partial charge in [-0.1, -0.05) is 11.6 Å². The summed E-state index contributed by atoms with van der Waals surface area (Å²) in [7, 11) is 0. The van der Waals surface area contributed by atoms with Crippen LogP contribution in [0.4, 0.5) is 11.8 Å². The van der Waals surface area contributed by atoms with Crippen LogP contribution in [0, 0.1) is 13.8 Å². The van der Waals surface area contributed by atoms with Crippen LogP contribution in [-0.4, -0.2) is 51.3 Å². The first kappa shape index (κ1) is 17.1. The van der Waals surface area contributed by atoms with E-state index in [-0.39, 0.29) is 0 Å². The van der Waals surface area contributed by atoms with E-state index in [1.165, 1.54) is 0 Å². The first-order valence-electron chi connectivity index (χ1n) is 8.36. The topological polar surface area (TPSA) is 70.9 Å². The third-order valence-corrected chi connectivity index (χ3v) is 5.57. The largest absolute Gasteiger partial charge is 0.352 e. The van der Waals surface area contributed by atoms with Crippen molar-refractivity contribution in [2.24, 2.45) is 0 Å². The minimum absolute atomic E-state index is 0.550. The van der Waals surface area contributed by atoms with Crippen molar-refractivity contribution in [1.29, 1.82) is 0 Å². The van der Waals surface area contributed by atoms with Gasteiger partial charge in [0.05, 0.1) is 33.0 Å². The first-order valence-corrected chi connectivity index (χ1v) is 9.55. The van der Waals surface area contributed by atoms with E-state index in [1.54, 1.807) is 23.7 Å². The Bertz CT molecular complexity index is 886. The molecule has 4 rings (SSSR count). The second kappa shape index (κ2) is 7.13. The molecule has 26 heavy (non-hydrogen) atoms. The standard InChI is InChI=1S/C17H18ClN7S/c1-11-16(26-12(2)21-11)14-3-4-15(23-22-14)24-5-7-25(8-6-24)17-19-9-13(18)10-20-17/h3-4,9-10H,5-8H2,1-2H3. The Morgan fingerprint density at radius 2 is 1.65 bits per heavy atom. The molecule has 9 heteroatoms. The SMILES string of the molecule is Cc1nc(C)c(-c2ccc(N3CCN(c4ncc(Cl)cn4)CC3)nn2)s1. The Kier molecular flexibility index (Phi) is 4.69. The lowest BCUT2D eigenvalue weighted by atomic mass is 10.2. The molecule has 0 radical (unpaired) electrons. The summed E-state index contributed by atoms with van der Waals surface area (Å²) in [6, 6.07) is 4.06. The number of nitrogens with zero attached hydrogens (tertiary/aromatic N) is 7. The number of halogens is 1. The molecule has 1 aliphatic rings. The zero-order valence-electron chi connectivity index (χ0n) is 14.6. The Morgan fingerprint density at radius 1 is 0.962 bits per heavy atom. The van der Waals surface area contributed by atoms with E-state index in [0.717, 1.165) is 53.3 Å². The number of hydrogen-bond acceptors (Lipinski definition) is 8.